The second kappa shape index (κ2) is 7.29. The van der Waals surface area contributed by atoms with Crippen molar-refractivity contribution in [1.82, 2.24) is 24.6 Å². The lowest BCUT2D eigenvalue weighted by atomic mass is 10.1. The van der Waals surface area contributed by atoms with Crippen molar-refractivity contribution in [2.45, 2.75) is 19.5 Å². The number of rotatable bonds is 3. The summed E-state index contributed by atoms with van der Waals surface area (Å²) in [5.41, 5.74) is 3.39. The summed E-state index contributed by atoms with van der Waals surface area (Å²) in [6.45, 7) is 2.20. The standard InChI is InChI=1S/C21H16F3N7O/c1-12-9-17(31-20(26-12)28-19(29-31)21(22,23)24)27-15-4-5-16-13(10-15)6-8-30(16)18(32)14-3-2-7-25-11-14/h2-5,7,9-11,27H,6,8H2,1H3. The summed E-state index contributed by atoms with van der Waals surface area (Å²) < 4.78 is 40.1. The van der Waals surface area contributed by atoms with E-state index in [0.717, 1.165) is 15.8 Å². The largest absolute Gasteiger partial charge is 0.453 e. The fourth-order valence-electron chi connectivity index (χ4n) is 3.68. The molecular weight excluding hydrogens is 423 g/mol. The number of aryl methyl sites for hydroxylation is 1. The van der Waals surface area contributed by atoms with Gasteiger partial charge in [-0.1, -0.05) is 0 Å². The molecule has 1 aliphatic heterocycles. The van der Waals surface area contributed by atoms with Crippen molar-refractivity contribution in [2.75, 3.05) is 16.8 Å². The summed E-state index contributed by atoms with van der Waals surface area (Å²) in [7, 11) is 0. The number of hydrogen-bond acceptors (Lipinski definition) is 6. The van der Waals surface area contributed by atoms with Crippen molar-refractivity contribution in [3.8, 4) is 0 Å². The zero-order chi connectivity index (χ0) is 22.5. The number of alkyl halides is 3. The minimum absolute atomic E-state index is 0.133. The molecule has 0 fully saturated rings. The Morgan fingerprint density at radius 1 is 1.16 bits per heavy atom. The maximum absolute atomic E-state index is 13.0. The average Bonchev–Trinajstić information content (AvgIpc) is 3.38. The predicted molar refractivity (Wildman–Crippen MR) is 110 cm³/mol. The molecule has 0 spiro atoms. The number of carbonyl (C=O) groups is 1. The van der Waals surface area contributed by atoms with Crippen molar-refractivity contribution >= 4 is 28.9 Å². The maximum Gasteiger partial charge on any atom is 0.453 e. The zero-order valence-corrected chi connectivity index (χ0v) is 16.8. The third kappa shape index (κ3) is 3.51. The molecular formula is C21H16F3N7O. The van der Waals surface area contributed by atoms with Crippen LogP contribution < -0.4 is 10.2 Å². The second-order valence-corrected chi connectivity index (χ2v) is 7.34. The van der Waals surface area contributed by atoms with Crippen LogP contribution in [0.15, 0.2) is 48.8 Å². The second-order valence-electron chi connectivity index (χ2n) is 7.34. The monoisotopic (exact) mass is 439 g/mol. The molecule has 1 amide bonds. The van der Waals surface area contributed by atoms with Gasteiger partial charge in [-0.25, -0.2) is 4.98 Å². The number of benzene rings is 1. The van der Waals surface area contributed by atoms with Crippen molar-refractivity contribution < 1.29 is 18.0 Å². The Bertz CT molecular complexity index is 1330. The molecule has 4 heterocycles. The highest BCUT2D eigenvalue weighted by Crippen LogP contribution is 2.33. The van der Waals surface area contributed by atoms with Gasteiger partial charge in [0.2, 0.25) is 0 Å². The number of hydrogen-bond donors (Lipinski definition) is 1. The Labute approximate surface area is 179 Å². The van der Waals surface area contributed by atoms with Crippen molar-refractivity contribution in [2.24, 2.45) is 0 Å². The Morgan fingerprint density at radius 2 is 2.00 bits per heavy atom. The predicted octanol–water partition coefficient (Wildman–Crippen LogP) is 3.79. The van der Waals surface area contributed by atoms with Crippen LogP contribution in [0.5, 0.6) is 0 Å². The van der Waals surface area contributed by atoms with Crippen LogP contribution in [0.1, 0.15) is 27.4 Å². The van der Waals surface area contributed by atoms with Crippen LogP contribution in [0.3, 0.4) is 0 Å². The summed E-state index contributed by atoms with van der Waals surface area (Å²) >= 11 is 0. The van der Waals surface area contributed by atoms with Gasteiger partial charge in [0.1, 0.15) is 5.82 Å². The molecule has 0 atom stereocenters. The van der Waals surface area contributed by atoms with Gasteiger partial charge in [-0.2, -0.15) is 22.7 Å². The fraction of sp³-hybridized carbons (Fsp3) is 0.190. The first-order valence-corrected chi connectivity index (χ1v) is 9.73. The van der Waals surface area contributed by atoms with Gasteiger partial charge in [0.15, 0.2) is 0 Å². The van der Waals surface area contributed by atoms with E-state index < -0.39 is 12.0 Å². The van der Waals surface area contributed by atoms with Gasteiger partial charge in [-0.15, -0.1) is 5.10 Å². The summed E-state index contributed by atoms with van der Waals surface area (Å²) in [6, 6.07) is 10.5. The van der Waals surface area contributed by atoms with Gasteiger partial charge in [-0.05, 0) is 49.2 Å². The molecule has 0 bridgehead atoms. The number of carbonyl (C=O) groups excluding carboxylic acids is 1. The number of nitrogens with one attached hydrogen (secondary N) is 1. The van der Waals surface area contributed by atoms with E-state index in [2.05, 4.69) is 25.4 Å². The van der Waals surface area contributed by atoms with Crippen LogP contribution in [0, 0.1) is 6.92 Å². The smallest absolute Gasteiger partial charge is 0.340 e. The normalized spacial score (nSPS) is 13.4. The molecule has 1 aliphatic rings. The molecule has 1 aromatic carbocycles. The van der Waals surface area contributed by atoms with E-state index in [1.54, 1.807) is 42.3 Å². The lowest BCUT2D eigenvalue weighted by Crippen LogP contribution is -2.28. The third-order valence-electron chi connectivity index (χ3n) is 5.09. The lowest BCUT2D eigenvalue weighted by molar-refractivity contribution is -0.144. The Kier molecular flexibility index (Phi) is 4.54. The van der Waals surface area contributed by atoms with Gasteiger partial charge in [0, 0.05) is 42.1 Å². The van der Waals surface area contributed by atoms with Gasteiger partial charge >= 0.3 is 6.18 Å². The number of fused-ring (bicyclic) bond motifs is 2. The molecule has 5 rings (SSSR count). The van der Waals surface area contributed by atoms with Gasteiger partial charge in [0.25, 0.3) is 17.5 Å². The summed E-state index contributed by atoms with van der Waals surface area (Å²) in [5.74, 6) is -1.23. The topological polar surface area (TPSA) is 88.3 Å². The number of halogens is 3. The van der Waals surface area contributed by atoms with E-state index in [9.17, 15) is 18.0 Å². The van der Waals surface area contributed by atoms with E-state index in [1.807, 2.05) is 12.1 Å². The van der Waals surface area contributed by atoms with E-state index in [1.165, 1.54) is 6.20 Å². The molecule has 3 aromatic heterocycles. The molecule has 162 valence electrons. The molecule has 32 heavy (non-hydrogen) atoms. The first-order valence-electron chi connectivity index (χ1n) is 9.73. The molecule has 1 N–H and O–H groups in total. The molecule has 0 radical (unpaired) electrons. The highest BCUT2D eigenvalue weighted by molar-refractivity contribution is 6.07. The Hall–Kier alpha value is -4.02. The van der Waals surface area contributed by atoms with E-state index >= 15 is 0 Å². The average molecular weight is 439 g/mol. The molecule has 0 saturated heterocycles. The lowest BCUT2D eigenvalue weighted by Gasteiger charge is -2.17. The first kappa shape index (κ1) is 19.9. The SMILES string of the molecule is Cc1cc(Nc2ccc3c(c2)CCN3C(=O)c2cccnc2)n2nc(C(F)(F)F)nc2n1. The summed E-state index contributed by atoms with van der Waals surface area (Å²) in [5, 5.41) is 6.66. The van der Waals surface area contributed by atoms with Crippen molar-refractivity contribution in [3.63, 3.8) is 0 Å². The van der Waals surface area contributed by atoms with Gasteiger partial charge in [-0.3, -0.25) is 9.78 Å². The molecule has 0 aliphatic carbocycles. The Balaban J connectivity index is 1.45. The van der Waals surface area contributed by atoms with Crippen LogP contribution in [-0.2, 0) is 12.6 Å². The number of amides is 1. The zero-order valence-electron chi connectivity index (χ0n) is 16.8. The fourth-order valence-corrected chi connectivity index (χ4v) is 3.68. The minimum Gasteiger partial charge on any atom is -0.340 e. The molecule has 4 aromatic rings. The minimum atomic E-state index is -4.67. The number of nitrogens with zero attached hydrogens (tertiary/aromatic N) is 6. The summed E-state index contributed by atoms with van der Waals surface area (Å²) in [4.78, 5) is 26.0. The highest BCUT2D eigenvalue weighted by Gasteiger charge is 2.37. The van der Waals surface area contributed by atoms with Crippen LogP contribution >= 0.6 is 0 Å². The van der Waals surface area contributed by atoms with Gasteiger partial charge < -0.3 is 10.2 Å². The maximum atomic E-state index is 13.0. The van der Waals surface area contributed by atoms with Crippen LogP contribution in [0.4, 0.5) is 30.4 Å². The van der Waals surface area contributed by atoms with Crippen LogP contribution in [0.25, 0.3) is 5.78 Å². The van der Waals surface area contributed by atoms with E-state index in [0.29, 0.717) is 35.7 Å². The first-order chi connectivity index (χ1) is 15.3. The third-order valence-corrected chi connectivity index (χ3v) is 5.09. The number of pyridine rings is 1. The number of anilines is 3. The van der Waals surface area contributed by atoms with Gasteiger partial charge in [0.05, 0.1) is 5.56 Å². The molecule has 0 saturated carbocycles. The summed E-state index contributed by atoms with van der Waals surface area (Å²) in [6.07, 6.45) is -0.877. The number of aromatic nitrogens is 5. The molecule has 8 nitrogen and oxygen atoms in total. The van der Waals surface area contributed by atoms with Crippen LogP contribution in [0.2, 0.25) is 0 Å². The molecule has 11 heteroatoms. The van der Waals surface area contributed by atoms with Crippen molar-refractivity contribution in [3.05, 3.63) is 71.4 Å². The van der Waals surface area contributed by atoms with Crippen molar-refractivity contribution in [1.29, 1.82) is 0 Å². The Morgan fingerprint density at radius 3 is 2.75 bits per heavy atom. The highest BCUT2D eigenvalue weighted by atomic mass is 19.4. The molecule has 0 unspecified atom stereocenters. The quantitative estimate of drug-likeness (QED) is 0.523. The van der Waals surface area contributed by atoms with E-state index in [4.69, 9.17) is 0 Å². The van der Waals surface area contributed by atoms with E-state index in [-0.39, 0.29) is 11.7 Å². The van der Waals surface area contributed by atoms with Crippen LogP contribution in [-0.4, -0.2) is 37.0 Å².